The minimum atomic E-state index is -0.204. The Morgan fingerprint density at radius 2 is 2.38 bits per heavy atom. The van der Waals surface area contributed by atoms with Crippen molar-refractivity contribution in [3.63, 3.8) is 0 Å². The molecule has 2 amide bonds. The van der Waals surface area contributed by atoms with Gasteiger partial charge in [-0.25, -0.2) is 4.79 Å². The number of benzene rings is 1. The van der Waals surface area contributed by atoms with Gasteiger partial charge in [-0.15, -0.1) is 0 Å². The summed E-state index contributed by atoms with van der Waals surface area (Å²) in [5.41, 5.74) is 0.623. The van der Waals surface area contributed by atoms with Gasteiger partial charge in [-0.05, 0) is 37.5 Å². The van der Waals surface area contributed by atoms with E-state index in [4.69, 9.17) is 16.3 Å². The number of aliphatic hydroxyl groups is 1. The lowest BCUT2D eigenvalue weighted by atomic mass is 10.2. The fraction of sp³-hybridized carbons (Fsp3) is 0.533. The largest absolute Gasteiger partial charge is 0.492 e. The standard InChI is InChI=1S/C15H21ClN2O3/c1-2-8-21-14-6-5-11(9-13(14)16)17-15(20)18-7-3-4-12(18)10-19/h5-6,9,12,19H,2-4,7-8,10H2,1H3,(H,17,20). The van der Waals surface area contributed by atoms with Gasteiger partial charge in [-0.2, -0.15) is 0 Å². The fourth-order valence-corrected chi connectivity index (χ4v) is 2.63. The van der Waals surface area contributed by atoms with Gasteiger partial charge in [0, 0.05) is 12.2 Å². The molecule has 21 heavy (non-hydrogen) atoms. The second-order valence-corrected chi connectivity index (χ2v) is 5.50. The smallest absolute Gasteiger partial charge is 0.322 e. The van der Waals surface area contributed by atoms with E-state index in [1.807, 2.05) is 6.92 Å². The molecule has 116 valence electrons. The zero-order valence-corrected chi connectivity index (χ0v) is 12.9. The van der Waals surface area contributed by atoms with Crippen LogP contribution in [0.1, 0.15) is 26.2 Å². The average Bonchev–Trinajstić information content (AvgIpc) is 2.95. The number of ether oxygens (including phenoxy) is 1. The van der Waals surface area contributed by atoms with Crippen molar-refractivity contribution in [3.05, 3.63) is 23.2 Å². The van der Waals surface area contributed by atoms with E-state index in [1.165, 1.54) is 0 Å². The number of rotatable bonds is 5. The highest BCUT2D eigenvalue weighted by Gasteiger charge is 2.28. The van der Waals surface area contributed by atoms with E-state index in [-0.39, 0.29) is 18.7 Å². The first-order valence-corrected chi connectivity index (χ1v) is 7.64. The minimum absolute atomic E-state index is 0.00201. The van der Waals surface area contributed by atoms with Crippen LogP contribution in [0.4, 0.5) is 10.5 Å². The molecule has 1 aromatic rings. The summed E-state index contributed by atoms with van der Waals surface area (Å²) in [5.74, 6) is 0.617. The number of urea groups is 1. The minimum Gasteiger partial charge on any atom is -0.492 e. The van der Waals surface area contributed by atoms with Gasteiger partial charge in [0.1, 0.15) is 5.75 Å². The second-order valence-electron chi connectivity index (χ2n) is 5.10. The van der Waals surface area contributed by atoms with Crippen LogP contribution in [0.25, 0.3) is 0 Å². The summed E-state index contributed by atoms with van der Waals surface area (Å²) in [7, 11) is 0. The molecular weight excluding hydrogens is 292 g/mol. The highest BCUT2D eigenvalue weighted by Crippen LogP contribution is 2.28. The van der Waals surface area contributed by atoms with Gasteiger partial charge in [-0.3, -0.25) is 0 Å². The number of likely N-dealkylation sites (tertiary alicyclic amines) is 1. The highest BCUT2D eigenvalue weighted by atomic mass is 35.5. The van der Waals surface area contributed by atoms with Crippen molar-refractivity contribution in [3.8, 4) is 5.75 Å². The number of hydrogen-bond acceptors (Lipinski definition) is 3. The predicted octanol–water partition coefficient (Wildman–Crippen LogP) is 3.12. The van der Waals surface area contributed by atoms with E-state index in [0.717, 1.165) is 19.3 Å². The van der Waals surface area contributed by atoms with Crippen molar-refractivity contribution in [2.75, 3.05) is 25.1 Å². The van der Waals surface area contributed by atoms with E-state index in [1.54, 1.807) is 23.1 Å². The Hall–Kier alpha value is -1.46. The number of nitrogens with zero attached hydrogens (tertiary/aromatic N) is 1. The van der Waals surface area contributed by atoms with Gasteiger partial charge in [0.05, 0.1) is 24.3 Å². The maximum atomic E-state index is 12.2. The van der Waals surface area contributed by atoms with Gasteiger partial charge < -0.3 is 20.1 Å². The van der Waals surface area contributed by atoms with Crippen LogP contribution < -0.4 is 10.1 Å². The molecule has 0 aromatic heterocycles. The number of hydrogen-bond donors (Lipinski definition) is 2. The molecular formula is C15H21ClN2O3. The van der Waals surface area contributed by atoms with Gasteiger partial charge in [0.2, 0.25) is 0 Å². The predicted molar refractivity (Wildman–Crippen MR) is 83.1 cm³/mol. The van der Waals surface area contributed by atoms with Gasteiger partial charge in [-0.1, -0.05) is 18.5 Å². The molecule has 1 aromatic carbocycles. The SMILES string of the molecule is CCCOc1ccc(NC(=O)N2CCCC2CO)cc1Cl. The molecule has 6 heteroatoms. The second kappa shape index (κ2) is 7.52. The Bertz CT molecular complexity index is 496. The van der Waals surface area contributed by atoms with Crippen molar-refractivity contribution in [2.45, 2.75) is 32.2 Å². The molecule has 1 unspecified atom stereocenters. The monoisotopic (exact) mass is 312 g/mol. The van der Waals surface area contributed by atoms with Gasteiger partial charge in [0.25, 0.3) is 0 Å². The normalized spacial score (nSPS) is 17.9. The number of carbonyl (C=O) groups excluding carboxylic acids is 1. The molecule has 1 atom stereocenters. The molecule has 2 rings (SSSR count). The van der Waals surface area contributed by atoms with Crippen LogP contribution in [0, 0.1) is 0 Å². The molecule has 0 saturated carbocycles. The number of anilines is 1. The molecule has 5 nitrogen and oxygen atoms in total. The summed E-state index contributed by atoms with van der Waals surface area (Å²) < 4.78 is 5.49. The van der Waals surface area contributed by atoms with E-state index in [0.29, 0.717) is 29.6 Å². The van der Waals surface area contributed by atoms with Crippen molar-refractivity contribution in [2.24, 2.45) is 0 Å². The van der Waals surface area contributed by atoms with E-state index < -0.39 is 0 Å². The Balaban J connectivity index is 1.99. The summed E-state index contributed by atoms with van der Waals surface area (Å²) >= 11 is 6.13. The molecule has 0 radical (unpaired) electrons. The first-order chi connectivity index (χ1) is 10.2. The van der Waals surface area contributed by atoms with E-state index >= 15 is 0 Å². The molecule has 1 fully saturated rings. The maximum absolute atomic E-state index is 12.2. The molecule has 0 spiro atoms. The summed E-state index contributed by atoms with van der Waals surface area (Å²) in [6.07, 6.45) is 2.67. The van der Waals surface area contributed by atoms with E-state index in [9.17, 15) is 9.90 Å². The molecule has 1 heterocycles. The van der Waals surface area contributed by atoms with Crippen LogP contribution in [0.2, 0.25) is 5.02 Å². The quantitative estimate of drug-likeness (QED) is 0.878. The average molecular weight is 313 g/mol. The summed E-state index contributed by atoms with van der Waals surface area (Å²) in [6, 6.07) is 4.89. The Morgan fingerprint density at radius 1 is 1.57 bits per heavy atom. The van der Waals surface area contributed by atoms with Crippen LogP contribution in [-0.4, -0.2) is 41.8 Å². The number of amides is 2. The van der Waals surface area contributed by atoms with Crippen molar-refractivity contribution in [1.82, 2.24) is 4.90 Å². The number of nitrogens with one attached hydrogen (secondary N) is 1. The first-order valence-electron chi connectivity index (χ1n) is 7.26. The Kier molecular flexibility index (Phi) is 5.70. The zero-order valence-electron chi connectivity index (χ0n) is 12.1. The van der Waals surface area contributed by atoms with Gasteiger partial charge in [0.15, 0.2) is 0 Å². The Labute approximate surface area is 129 Å². The van der Waals surface area contributed by atoms with Crippen LogP contribution in [0.3, 0.4) is 0 Å². The number of carbonyl (C=O) groups is 1. The lowest BCUT2D eigenvalue weighted by molar-refractivity contribution is 0.166. The molecule has 0 bridgehead atoms. The summed E-state index contributed by atoms with van der Waals surface area (Å²) in [6.45, 7) is 3.30. The number of aliphatic hydroxyl groups excluding tert-OH is 1. The maximum Gasteiger partial charge on any atom is 0.322 e. The molecule has 1 aliphatic heterocycles. The third-order valence-electron chi connectivity index (χ3n) is 3.49. The highest BCUT2D eigenvalue weighted by molar-refractivity contribution is 6.32. The lowest BCUT2D eigenvalue weighted by Crippen LogP contribution is -2.40. The van der Waals surface area contributed by atoms with Crippen molar-refractivity contribution < 1.29 is 14.6 Å². The fourth-order valence-electron chi connectivity index (χ4n) is 2.40. The zero-order chi connectivity index (χ0) is 15.2. The molecule has 1 saturated heterocycles. The molecule has 2 N–H and O–H groups in total. The molecule has 0 aliphatic carbocycles. The van der Waals surface area contributed by atoms with Gasteiger partial charge >= 0.3 is 6.03 Å². The van der Waals surface area contributed by atoms with Crippen molar-refractivity contribution in [1.29, 1.82) is 0 Å². The molecule has 1 aliphatic rings. The van der Waals surface area contributed by atoms with E-state index in [2.05, 4.69) is 5.32 Å². The Morgan fingerprint density at radius 3 is 3.05 bits per heavy atom. The van der Waals surface area contributed by atoms with Crippen LogP contribution in [-0.2, 0) is 0 Å². The third kappa shape index (κ3) is 4.02. The van der Waals surface area contributed by atoms with Crippen LogP contribution >= 0.6 is 11.6 Å². The van der Waals surface area contributed by atoms with Crippen molar-refractivity contribution >= 4 is 23.3 Å². The first kappa shape index (κ1) is 15.9. The summed E-state index contributed by atoms with van der Waals surface area (Å²) in [4.78, 5) is 13.8. The lowest BCUT2D eigenvalue weighted by Gasteiger charge is -2.23. The topological polar surface area (TPSA) is 61.8 Å². The number of halogens is 1. The summed E-state index contributed by atoms with van der Waals surface area (Å²) in [5, 5.41) is 12.5. The third-order valence-corrected chi connectivity index (χ3v) is 3.79. The van der Waals surface area contributed by atoms with Crippen LogP contribution in [0.15, 0.2) is 18.2 Å². The van der Waals surface area contributed by atoms with Crippen LogP contribution in [0.5, 0.6) is 5.75 Å².